The summed E-state index contributed by atoms with van der Waals surface area (Å²) in [7, 11) is -1.73. The van der Waals surface area contributed by atoms with Crippen molar-refractivity contribution in [3.8, 4) is 0 Å². The van der Waals surface area contributed by atoms with E-state index in [1.165, 1.54) is 5.70 Å². The molecule has 0 spiro atoms. The normalized spacial score (nSPS) is 11.7. The highest BCUT2D eigenvalue weighted by atomic mass is 28.4. The molecule has 0 atom stereocenters. The molecule has 0 aromatic heterocycles. The Labute approximate surface area is 47.2 Å². The SMILES string of the molecule is C=C[Si](N)(N)O[SiH3]. The fraction of sp³-hybridized carbons (Fsp3) is 0. The number of hydrogen-bond donors (Lipinski definition) is 2. The third-order valence-corrected chi connectivity index (χ3v) is 4.14. The van der Waals surface area contributed by atoms with Gasteiger partial charge in [0.1, 0.15) is 10.5 Å². The van der Waals surface area contributed by atoms with Crippen molar-refractivity contribution >= 4 is 19.1 Å². The van der Waals surface area contributed by atoms with Crippen LogP contribution < -0.4 is 10.8 Å². The van der Waals surface area contributed by atoms with Gasteiger partial charge in [-0.05, 0) is 5.70 Å². The van der Waals surface area contributed by atoms with Crippen LogP contribution in [0.3, 0.4) is 0 Å². The predicted molar refractivity (Wildman–Crippen MR) is 35.3 cm³/mol. The Hall–Kier alpha value is 0.0538. The Morgan fingerprint density at radius 3 is 2.14 bits per heavy atom. The third-order valence-electron chi connectivity index (χ3n) is 0.673. The molecule has 0 aliphatic rings. The molecule has 7 heavy (non-hydrogen) atoms. The van der Waals surface area contributed by atoms with Crippen LogP contribution in [0.15, 0.2) is 12.3 Å². The van der Waals surface area contributed by atoms with E-state index in [9.17, 15) is 0 Å². The van der Waals surface area contributed by atoms with Gasteiger partial charge in [-0.2, -0.15) is 0 Å². The minimum absolute atomic E-state index is 0.598. The van der Waals surface area contributed by atoms with E-state index >= 15 is 0 Å². The van der Waals surface area contributed by atoms with Crippen LogP contribution in [-0.4, -0.2) is 19.1 Å². The summed E-state index contributed by atoms with van der Waals surface area (Å²) in [6, 6.07) is 0. The smallest absolute Gasteiger partial charge is 0.362 e. The summed E-state index contributed by atoms with van der Waals surface area (Å²) in [5.41, 5.74) is 1.50. The lowest BCUT2D eigenvalue weighted by Gasteiger charge is -2.11. The van der Waals surface area contributed by atoms with Gasteiger partial charge >= 0.3 is 8.64 Å². The fourth-order valence-corrected chi connectivity index (χ4v) is 0.750. The molecular formula is C2H10N2OSi2. The van der Waals surface area contributed by atoms with E-state index in [0.29, 0.717) is 10.5 Å². The average molecular weight is 134 g/mol. The number of hydrogen-bond acceptors (Lipinski definition) is 3. The minimum Gasteiger partial charge on any atom is -0.439 e. The molecule has 0 aromatic carbocycles. The van der Waals surface area contributed by atoms with Gasteiger partial charge in [0.15, 0.2) is 0 Å². The highest BCUT2D eigenvalue weighted by Crippen LogP contribution is 1.80. The van der Waals surface area contributed by atoms with Gasteiger partial charge in [0.25, 0.3) is 0 Å². The van der Waals surface area contributed by atoms with Gasteiger partial charge in [-0.3, -0.25) is 0 Å². The highest BCUT2D eigenvalue weighted by molar-refractivity contribution is 6.74. The summed E-state index contributed by atoms with van der Waals surface area (Å²) in [4.78, 5) is 0. The molecule has 3 nitrogen and oxygen atoms in total. The second-order valence-corrected chi connectivity index (χ2v) is 5.01. The maximum Gasteiger partial charge on any atom is 0.362 e. The van der Waals surface area contributed by atoms with Gasteiger partial charge in [0.05, 0.1) is 0 Å². The summed E-state index contributed by atoms with van der Waals surface area (Å²) >= 11 is 0. The summed E-state index contributed by atoms with van der Waals surface area (Å²) in [5.74, 6) is 0. The lowest BCUT2D eigenvalue weighted by Crippen LogP contribution is -2.56. The van der Waals surface area contributed by atoms with Crippen LogP contribution in [-0.2, 0) is 4.12 Å². The lowest BCUT2D eigenvalue weighted by molar-refractivity contribution is 0.611. The molecule has 0 heterocycles. The van der Waals surface area contributed by atoms with Crippen LogP contribution in [0.2, 0.25) is 0 Å². The van der Waals surface area contributed by atoms with Crippen LogP contribution in [0, 0.1) is 0 Å². The zero-order valence-electron chi connectivity index (χ0n) is 4.35. The van der Waals surface area contributed by atoms with E-state index in [4.69, 9.17) is 14.9 Å². The molecule has 0 aliphatic heterocycles. The van der Waals surface area contributed by atoms with Crippen molar-refractivity contribution in [1.82, 2.24) is 0 Å². The van der Waals surface area contributed by atoms with Crippen molar-refractivity contribution in [1.29, 1.82) is 0 Å². The third kappa shape index (κ3) is 2.71. The molecule has 5 heteroatoms. The highest BCUT2D eigenvalue weighted by Gasteiger charge is 2.16. The zero-order chi connectivity index (χ0) is 5.91. The standard InChI is InChI=1S/C2H10N2OSi2/c1-2-7(3,4)5-6/h2H,1,3-4H2,6H3. The van der Waals surface area contributed by atoms with Gasteiger partial charge in [0.2, 0.25) is 0 Å². The van der Waals surface area contributed by atoms with Gasteiger partial charge < -0.3 is 14.9 Å². The number of rotatable bonds is 2. The largest absolute Gasteiger partial charge is 0.439 e. The average Bonchev–Trinajstić information content (AvgIpc) is 1.68. The molecule has 0 unspecified atom stereocenters. The van der Waals surface area contributed by atoms with Crippen molar-refractivity contribution in [3.05, 3.63) is 12.3 Å². The van der Waals surface area contributed by atoms with E-state index in [2.05, 4.69) is 6.58 Å². The molecule has 0 saturated heterocycles. The monoisotopic (exact) mass is 134 g/mol. The van der Waals surface area contributed by atoms with E-state index in [0.717, 1.165) is 0 Å². The van der Waals surface area contributed by atoms with E-state index < -0.39 is 8.64 Å². The first kappa shape index (κ1) is 7.05. The Morgan fingerprint density at radius 2 is 2.14 bits per heavy atom. The Balaban J connectivity index is 3.58. The maximum atomic E-state index is 5.33. The second-order valence-electron chi connectivity index (χ2n) is 1.26. The fourth-order valence-electron chi connectivity index (χ4n) is 0.0833. The van der Waals surface area contributed by atoms with E-state index in [-0.39, 0.29) is 0 Å². The molecule has 42 valence electrons. The minimum atomic E-state index is -2.33. The first-order valence-corrected chi connectivity index (χ1v) is 4.84. The quantitative estimate of drug-likeness (QED) is 0.424. The molecule has 0 rings (SSSR count). The predicted octanol–water partition coefficient (Wildman–Crippen LogP) is -2.14. The van der Waals surface area contributed by atoms with E-state index in [1.54, 1.807) is 0 Å². The van der Waals surface area contributed by atoms with Crippen LogP contribution in [0.1, 0.15) is 0 Å². The molecule has 0 amide bonds. The van der Waals surface area contributed by atoms with Crippen LogP contribution in [0.25, 0.3) is 0 Å². The molecular weight excluding hydrogens is 124 g/mol. The zero-order valence-corrected chi connectivity index (χ0v) is 7.35. The topological polar surface area (TPSA) is 61.3 Å². The molecule has 0 radical (unpaired) electrons. The molecule has 0 saturated carbocycles. The first-order chi connectivity index (χ1) is 3.12. The summed E-state index contributed by atoms with van der Waals surface area (Å²) in [6.07, 6.45) is 0. The van der Waals surface area contributed by atoms with Crippen molar-refractivity contribution in [3.63, 3.8) is 0 Å². The first-order valence-electron chi connectivity index (χ1n) is 1.89. The van der Waals surface area contributed by atoms with Gasteiger partial charge in [-0.15, -0.1) is 6.58 Å². The van der Waals surface area contributed by atoms with Crippen molar-refractivity contribution in [2.45, 2.75) is 0 Å². The second kappa shape index (κ2) is 2.38. The lowest BCUT2D eigenvalue weighted by atomic mass is 11.3. The van der Waals surface area contributed by atoms with Gasteiger partial charge in [0, 0.05) is 0 Å². The maximum absolute atomic E-state index is 5.33. The molecule has 0 aromatic rings. The van der Waals surface area contributed by atoms with Crippen molar-refractivity contribution < 1.29 is 4.12 Å². The van der Waals surface area contributed by atoms with E-state index in [1.807, 2.05) is 0 Å². The molecule has 0 aliphatic carbocycles. The molecule has 0 fully saturated rings. The number of nitrogens with two attached hydrogens (primary N) is 2. The summed E-state index contributed by atoms with van der Waals surface area (Å²) < 4.78 is 4.80. The Kier molecular flexibility index (Phi) is 2.40. The Bertz CT molecular complexity index is 74.1. The Morgan fingerprint density at radius 1 is 1.71 bits per heavy atom. The summed E-state index contributed by atoms with van der Waals surface area (Å²) in [5, 5.41) is 10.7. The van der Waals surface area contributed by atoms with Gasteiger partial charge in [-0.25, -0.2) is 0 Å². The molecule has 0 bridgehead atoms. The van der Waals surface area contributed by atoms with Gasteiger partial charge in [-0.1, -0.05) is 0 Å². The van der Waals surface area contributed by atoms with Crippen molar-refractivity contribution in [2.75, 3.05) is 0 Å². The van der Waals surface area contributed by atoms with Crippen LogP contribution in [0.5, 0.6) is 0 Å². The van der Waals surface area contributed by atoms with Crippen molar-refractivity contribution in [2.24, 2.45) is 10.8 Å². The van der Waals surface area contributed by atoms with Crippen LogP contribution >= 0.6 is 0 Å². The van der Waals surface area contributed by atoms with Crippen LogP contribution in [0.4, 0.5) is 0 Å². The summed E-state index contributed by atoms with van der Waals surface area (Å²) in [6.45, 7) is 3.41. The molecule has 4 N–H and O–H groups in total.